The van der Waals surface area contributed by atoms with E-state index in [2.05, 4.69) is 4.72 Å². The molecule has 1 aromatic rings. The van der Waals surface area contributed by atoms with Gasteiger partial charge in [-0.2, -0.15) is 0 Å². The maximum atomic E-state index is 12.1. The maximum absolute atomic E-state index is 12.1. The highest BCUT2D eigenvalue weighted by Crippen LogP contribution is 2.34. The number of methoxy groups -OCH3 is 2. The summed E-state index contributed by atoms with van der Waals surface area (Å²) in [6, 6.07) is 2.85. The highest BCUT2D eigenvalue weighted by Gasteiger charge is 2.30. The van der Waals surface area contributed by atoms with Gasteiger partial charge in [0, 0.05) is 12.1 Å². The van der Waals surface area contributed by atoms with E-state index in [1.165, 1.54) is 26.4 Å². The van der Waals surface area contributed by atoms with Crippen LogP contribution < -0.4 is 19.9 Å². The Morgan fingerprint density at radius 3 is 2.33 bits per heavy atom. The fourth-order valence-electron chi connectivity index (χ4n) is 1.59. The molecule has 0 amide bonds. The molecule has 1 aromatic carbocycles. The third kappa shape index (κ3) is 2.51. The van der Waals surface area contributed by atoms with Crippen molar-refractivity contribution < 1.29 is 17.9 Å². The summed E-state index contributed by atoms with van der Waals surface area (Å²) in [4.78, 5) is 0.0372. The molecule has 1 aliphatic rings. The molecule has 1 saturated carbocycles. The number of sulfonamides is 1. The largest absolute Gasteiger partial charge is 0.495 e. The standard InChI is InChI=1S/C11H16N2O4S/c1-16-9-6-10(17-2)11(5-8(9)12)18(14,15)13-7-3-4-7/h5-7,13H,3-4,12H2,1-2H3. The fourth-order valence-corrected chi connectivity index (χ4v) is 3.08. The van der Waals surface area contributed by atoms with Crippen LogP contribution in [0.5, 0.6) is 11.5 Å². The number of ether oxygens (including phenoxy) is 2. The summed E-state index contributed by atoms with van der Waals surface area (Å²) in [6.07, 6.45) is 1.74. The second-order valence-corrected chi connectivity index (χ2v) is 5.82. The average molecular weight is 272 g/mol. The minimum atomic E-state index is -3.60. The Labute approximate surface area is 106 Å². The van der Waals surface area contributed by atoms with E-state index in [1.54, 1.807) is 0 Å². The molecule has 3 N–H and O–H groups in total. The summed E-state index contributed by atoms with van der Waals surface area (Å²) in [7, 11) is -0.734. The van der Waals surface area contributed by atoms with Crippen LogP contribution in [0.1, 0.15) is 12.8 Å². The lowest BCUT2D eigenvalue weighted by atomic mass is 10.3. The Morgan fingerprint density at radius 1 is 1.22 bits per heavy atom. The Morgan fingerprint density at radius 2 is 1.83 bits per heavy atom. The van der Waals surface area contributed by atoms with Crippen molar-refractivity contribution in [3.8, 4) is 11.5 Å². The molecule has 6 nitrogen and oxygen atoms in total. The summed E-state index contributed by atoms with van der Waals surface area (Å²) in [6.45, 7) is 0. The monoisotopic (exact) mass is 272 g/mol. The zero-order chi connectivity index (χ0) is 13.3. The maximum Gasteiger partial charge on any atom is 0.244 e. The Bertz CT molecular complexity index is 552. The van der Waals surface area contributed by atoms with Gasteiger partial charge in [-0.15, -0.1) is 0 Å². The third-order valence-electron chi connectivity index (χ3n) is 2.70. The molecular formula is C11H16N2O4S. The Kier molecular flexibility index (Phi) is 3.36. The predicted molar refractivity (Wildman–Crippen MR) is 67.3 cm³/mol. The molecule has 0 atom stereocenters. The van der Waals surface area contributed by atoms with Crippen molar-refractivity contribution >= 4 is 15.7 Å². The molecule has 0 unspecified atom stereocenters. The zero-order valence-corrected chi connectivity index (χ0v) is 11.1. The molecule has 0 radical (unpaired) electrons. The van der Waals surface area contributed by atoms with Crippen molar-refractivity contribution in [2.24, 2.45) is 0 Å². The first kappa shape index (κ1) is 13.0. The summed E-state index contributed by atoms with van der Waals surface area (Å²) >= 11 is 0. The average Bonchev–Trinajstić information content (AvgIpc) is 3.12. The zero-order valence-electron chi connectivity index (χ0n) is 10.3. The minimum absolute atomic E-state index is 0.0306. The summed E-state index contributed by atoms with van der Waals surface area (Å²) < 4.78 is 36.9. The lowest BCUT2D eigenvalue weighted by Gasteiger charge is -2.13. The van der Waals surface area contributed by atoms with Crippen LogP contribution >= 0.6 is 0 Å². The van der Waals surface area contributed by atoms with Crippen molar-refractivity contribution in [2.45, 2.75) is 23.8 Å². The van der Waals surface area contributed by atoms with E-state index in [0.29, 0.717) is 5.75 Å². The van der Waals surface area contributed by atoms with E-state index in [4.69, 9.17) is 15.2 Å². The van der Waals surface area contributed by atoms with E-state index in [-0.39, 0.29) is 22.4 Å². The van der Waals surface area contributed by atoms with E-state index >= 15 is 0 Å². The van der Waals surface area contributed by atoms with Crippen LogP contribution in [0.4, 0.5) is 5.69 Å². The molecule has 0 aliphatic heterocycles. The highest BCUT2D eigenvalue weighted by atomic mass is 32.2. The van der Waals surface area contributed by atoms with Crippen LogP contribution in [0.25, 0.3) is 0 Å². The molecule has 100 valence electrons. The molecule has 0 heterocycles. The van der Waals surface area contributed by atoms with Gasteiger partial charge in [0.1, 0.15) is 16.4 Å². The molecule has 18 heavy (non-hydrogen) atoms. The predicted octanol–water partition coefficient (Wildman–Crippen LogP) is 0.727. The molecule has 7 heteroatoms. The highest BCUT2D eigenvalue weighted by molar-refractivity contribution is 7.89. The lowest BCUT2D eigenvalue weighted by molar-refractivity contribution is 0.387. The molecule has 0 aromatic heterocycles. The first-order valence-electron chi connectivity index (χ1n) is 5.51. The Balaban J connectivity index is 2.45. The smallest absolute Gasteiger partial charge is 0.244 e. The third-order valence-corrected chi connectivity index (χ3v) is 4.25. The van der Waals surface area contributed by atoms with Gasteiger partial charge in [0.15, 0.2) is 0 Å². The first-order chi connectivity index (χ1) is 8.47. The van der Waals surface area contributed by atoms with Crippen LogP contribution in [0.15, 0.2) is 17.0 Å². The van der Waals surface area contributed by atoms with E-state index in [1.807, 2.05) is 0 Å². The summed E-state index contributed by atoms with van der Waals surface area (Å²) in [5.41, 5.74) is 5.98. The number of hydrogen-bond acceptors (Lipinski definition) is 5. The number of anilines is 1. The van der Waals surface area contributed by atoms with Gasteiger partial charge in [-0.05, 0) is 18.9 Å². The van der Waals surface area contributed by atoms with Crippen molar-refractivity contribution in [3.05, 3.63) is 12.1 Å². The van der Waals surface area contributed by atoms with Crippen LogP contribution in [-0.4, -0.2) is 28.7 Å². The molecular weight excluding hydrogens is 256 g/mol. The van der Waals surface area contributed by atoms with Gasteiger partial charge in [-0.3, -0.25) is 0 Å². The van der Waals surface area contributed by atoms with Crippen molar-refractivity contribution in [3.63, 3.8) is 0 Å². The van der Waals surface area contributed by atoms with Crippen LogP contribution in [0.2, 0.25) is 0 Å². The molecule has 0 spiro atoms. The van der Waals surface area contributed by atoms with Crippen molar-refractivity contribution in [1.29, 1.82) is 0 Å². The van der Waals surface area contributed by atoms with E-state index in [0.717, 1.165) is 12.8 Å². The van der Waals surface area contributed by atoms with Gasteiger partial charge in [0.05, 0.1) is 19.9 Å². The van der Waals surface area contributed by atoms with E-state index < -0.39 is 10.0 Å². The van der Waals surface area contributed by atoms with Crippen molar-refractivity contribution in [1.82, 2.24) is 4.72 Å². The molecule has 2 rings (SSSR count). The summed E-state index contributed by atoms with van der Waals surface area (Å²) in [5.74, 6) is 0.603. The number of nitrogen functional groups attached to an aromatic ring is 1. The fraction of sp³-hybridized carbons (Fsp3) is 0.455. The minimum Gasteiger partial charge on any atom is -0.495 e. The second kappa shape index (κ2) is 4.66. The van der Waals surface area contributed by atoms with Crippen LogP contribution in [0.3, 0.4) is 0 Å². The van der Waals surface area contributed by atoms with Crippen LogP contribution in [-0.2, 0) is 10.0 Å². The van der Waals surface area contributed by atoms with Crippen molar-refractivity contribution in [2.75, 3.05) is 20.0 Å². The van der Waals surface area contributed by atoms with Gasteiger partial charge in [0.2, 0.25) is 10.0 Å². The molecule has 0 bridgehead atoms. The lowest BCUT2D eigenvalue weighted by Crippen LogP contribution is -2.26. The van der Waals surface area contributed by atoms with E-state index in [9.17, 15) is 8.42 Å². The summed E-state index contributed by atoms with van der Waals surface area (Å²) in [5, 5.41) is 0. The van der Waals surface area contributed by atoms with Gasteiger partial charge >= 0.3 is 0 Å². The Hall–Kier alpha value is -1.47. The second-order valence-electron chi connectivity index (χ2n) is 4.14. The topological polar surface area (TPSA) is 90.6 Å². The number of nitrogens with one attached hydrogen (secondary N) is 1. The number of hydrogen-bond donors (Lipinski definition) is 2. The molecule has 0 saturated heterocycles. The quantitative estimate of drug-likeness (QED) is 0.771. The molecule has 1 aliphatic carbocycles. The first-order valence-corrected chi connectivity index (χ1v) is 7.00. The number of rotatable bonds is 5. The molecule has 1 fully saturated rings. The normalized spacial score (nSPS) is 15.4. The SMILES string of the molecule is COc1cc(OC)c(S(=O)(=O)NC2CC2)cc1N. The van der Waals surface area contributed by atoms with Gasteiger partial charge in [-0.25, -0.2) is 13.1 Å². The van der Waals surface area contributed by atoms with Gasteiger partial charge in [-0.1, -0.05) is 0 Å². The van der Waals surface area contributed by atoms with Gasteiger partial charge < -0.3 is 15.2 Å². The number of nitrogens with two attached hydrogens (primary N) is 1. The van der Waals surface area contributed by atoms with Crippen LogP contribution in [0, 0.1) is 0 Å². The number of benzene rings is 1. The van der Waals surface area contributed by atoms with Gasteiger partial charge in [0.25, 0.3) is 0 Å².